The number of pyridine rings is 1. The number of aromatic nitrogens is 2. The number of hydrogen-bond acceptors (Lipinski definition) is 3. The zero-order chi connectivity index (χ0) is 10.1. The molecule has 0 spiro atoms. The first kappa shape index (κ1) is 8.90. The van der Waals surface area contributed by atoms with Gasteiger partial charge in [-0.3, -0.25) is 4.79 Å². The maximum Gasteiger partial charge on any atom is 0.170 e. The Morgan fingerprint density at radius 1 is 1.57 bits per heavy atom. The molecule has 0 aliphatic heterocycles. The van der Waals surface area contributed by atoms with Crippen molar-refractivity contribution in [1.29, 1.82) is 0 Å². The average molecular weight is 189 g/mol. The van der Waals surface area contributed by atoms with Crippen molar-refractivity contribution >= 4 is 11.8 Å². The molecule has 0 radical (unpaired) electrons. The van der Waals surface area contributed by atoms with Gasteiger partial charge in [0.25, 0.3) is 0 Å². The molecule has 0 aliphatic rings. The molecule has 0 aliphatic carbocycles. The number of hydrogen-bond donors (Lipinski definition) is 1. The summed E-state index contributed by atoms with van der Waals surface area (Å²) in [4.78, 5) is 14.9. The molecule has 2 N–H and O–H groups in total. The number of imidazole rings is 1. The lowest BCUT2D eigenvalue weighted by molar-refractivity contribution is 0.112. The van der Waals surface area contributed by atoms with E-state index in [1.807, 2.05) is 35.7 Å². The third kappa shape index (κ3) is 1.20. The van der Waals surface area contributed by atoms with E-state index < -0.39 is 0 Å². The zero-order valence-electron chi connectivity index (χ0n) is 7.84. The van der Waals surface area contributed by atoms with Crippen LogP contribution in [0.25, 0.3) is 5.52 Å². The van der Waals surface area contributed by atoms with Crippen molar-refractivity contribution in [2.75, 3.05) is 0 Å². The molecule has 0 saturated carbocycles. The van der Waals surface area contributed by atoms with Gasteiger partial charge >= 0.3 is 0 Å². The lowest BCUT2D eigenvalue weighted by Gasteiger charge is -2.02. The summed E-state index contributed by atoms with van der Waals surface area (Å²) in [7, 11) is 0. The number of nitrogens with two attached hydrogens (primary N) is 1. The van der Waals surface area contributed by atoms with Crippen LogP contribution < -0.4 is 5.73 Å². The van der Waals surface area contributed by atoms with E-state index in [9.17, 15) is 4.79 Å². The van der Waals surface area contributed by atoms with Crippen molar-refractivity contribution in [3.05, 3.63) is 35.9 Å². The van der Waals surface area contributed by atoms with Crippen LogP contribution in [0.15, 0.2) is 24.4 Å². The monoisotopic (exact) mass is 189 g/mol. The van der Waals surface area contributed by atoms with Crippen LogP contribution in [0.5, 0.6) is 0 Å². The fourth-order valence-electron chi connectivity index (χ4n) is 1.49. The Morgan fingerprint density at radius 3 is 3.00 bits per heavy atom. The van der Waals surface area contributed by atoms with Crippen molar-refractivity contribution in [1.82, 2.24) is 9.38 Å². The molecular formula is C10H11N3O. The zero-order valence-corrected chi connectivity index (χ0v) is 7.84. The number of carbonyl (C=O) groups is 1. The lowest BCUT2D eigenvalue weighted by atomic mass is 10.3. The summed E-state index contributed by atoms with van der Waals surface area (Å²) in [6.45, 7) is 1.84. The first-order valence-electron chi connectivity index (χ1n) is 4.42. The van der Waals surface area contributed by atoms with Gasteiger partial charge in [-0.05, 0) is 19.1 Å². The van der Waals surface area contributed by atoms with Gasteiger partial charge < -0.3 is 10.1 Å². The summed E-state index contributed by atoms with van der Waals surface area (Å²) in [6, 6.07) is 5.42. The highest BCUT2D eigenvalue weighted by atomic mass is 16.1. The maximum atomic E-state index is 10.7. The van der Waals surface area contributed by atoms with Crippen LogP contribution in [0.2, 0.25) is 0 Å². The van der Waals surface area contributed by atoms with Crippen LogP contribution in [0.1, 0.15) is 29.3 Å². The summed E-state index contributed by atoms with van der Waals surface area (Å²) in [5, 5.41) is 0. The van der Waals surface area contributed by atoms with E-state index in [0.29, 0.717) is 11.5 Å². The molecule has 1 atom stereocenters. The third-order valence-electron chi connectivity index (χ3n) is 2.12. The Balaban J connectivity index is 2.79. The molecule has 1 unspecified atom stereocenters. The van der Waals surface area contributed by atoms with E-state index in [4.69, 9.17) is 5.73 Å². The SMILES string of the molecule is CC(N)c1nc(C=O)c2ccccn12. The summed E-state index contributed by atoms with van der Waals surface area (Å²) in [6.07, 6.45) is 2.61. The van der Waals surface area contributed by atoms with Gasteiger partial charge in [-0.15, -0.1) is 0 Å². The van der Waals surface area contributed by atoms with Crippen molar-refractivity contribution in [2.24, 2.45) is 5.73 Å². The molecule has 2 rings (SSSR count). The van der Waals surface area contributed by atoms with Gasteiger partial charge in [0, 0.05) is 6.20 Å². The van der Waals surface area contributed by atoms with E-state index in [0.717, 1.165) is 11.8 Å². The Morgan fingerprint density at radius 2 is 2.36 bits per heavy atom. The summed E-state index contributed by atoms with van der Waals surface area (Å²) < 4.78 is 1.84. The second-order valence-corrected chi connectivity index (χ2v) is 3.22. The third-order valence-corrected chi connectivity index (χ3v) is 2.12. The van der Waals surface area contributed by atoms with Crippen molar-refractivity contribution in [3.8, 4) is 0 Å². The molecular weight excluding hydrogens is 178 g/mol. The van der Waals surface area contributed by atoms with E-state index >= 15 is 0 Å². The molecule has 0 saturated heterocycles. The second-order valence-electron chi connectivity index (χ2n) is 3.22. The van der Waals surface area contributed by atoms with Crippen LogP contribution in [0.4, 0.5) is 0 Å². The summed E-state index contributed by atoms with van der Waals surface area (Å²) >= 11 is 0. The predicted octanol–water partition coefficient (Wildman–Crippen LogP) is 1.17. The highest BCUT2D eigenvalue weighted by Crippen LogP contribution is 2.15. The second kappa shape index (κ2) is 3.23. The van der Waals surface area contributed by atoms with Crippen LogP contribution in [0.3, 0.4) is 0 Å². The molecule has 72 valence electrons. The van der Waals surface area contributed by atoms with Crippen molar-refractivity contribution in [3.63, 3.8) is 0 Å². The molecule has 0 aromatic carbocycles. The van der Waals surface area contributed by atoms with Gasteiger partial charge in [0.15, 0.2) is 6.29 Å². The van der Waals surface area contributed by atoms with Gasteiger partial charge in [-0.25, -0.2) is 4.98 Å². The minimum absolute atomic E-state index is 0.182. The molecule has 0 amide bonds. The molecule has 2 heterocycles. The van der Waals surface area contributed by atoms with Crippen molar-refractivity contribution in [2.45, 2.75) is 13.0 Å². The number of carbonyl (C=O) groups excluding carboxylic acids is 1. The molecule has 4 nitrogen and oxygen atoms in total. The van der Waals surface area contributed by atoms with Gasteiger partial charge in [0.05, 0.1) is 11.6 Å². The number of rotatable bonds is 2. The van der Waals surface area contributed by atoms with E-state index in [2.05, 4.69) is 4.98 Å². The first-order valence-corrected chi connectivity index (χ1v) is 4.42. The highest BCUT2D eigenvalue weighted by molar-refractivity contribution is 5.83. The lowest BCUT2D eigenvalue weighted by Crippen LogP contribution is -2.09. The summed E-state index contributed by atoms with van der Waals surface area (Å²) in [5.41, 5.74) is 6.99. The van der Waals surface area contributed by atoms with Crippen LogP contribution in [-0.2, 0) is 0 Å². The largest absolute Gasteiger partial charge is 0.322 e. The number of aldehydes is 1. The van der Waals surface area contributed by atoms with Gasteiger partial charge in [0.2, 0.25) is 0 Å². The Kier molecular flexibility index (Phi) is 2.05. The van der Waals surface area contributed by atoms with Crippen molar-refractivity contribution < 1.29 is 4.79 Å². The predicted molar refractivity (Wildman–Crippen MR) is 53.2 cm³/mol. The quantitative estimate of drug-likeness (QED) is 0.721. The fourth-order valence-corrected chi connectivity index (χ4v) is 1.49. The molecule has 2 aromatic heterocycles. The number of nitrogens with zero attached hydrogens (tertiary/aromatic N) is 2. The Hall–Kier alpha value is -1.68. The minimum atomic E-state index is -0.182. The molecule has 0 bridgehead atoms. The van der Waals surface area contributed by atoms with E-state index in [-0.39, 0.29) is 6.04 Å². The topological polar surface area (TPSA) is 60.4 Å². The van der Waals surface area contributed by atoms with Gasteiger partial charge in [0.1, 0.15) is 11.5 Å². The summed E-state index contributed by atoms with van der Waals surface area (Å²) in [5.74, 6) is 0.711. The first-order chi connectivity index (χ1) is 6.74. The molecule has 0 fully saturated rings. The molecule has 2 aromatic rings. The minimum Gasteiger partial charge on any atom is -0.322 e. The van der Waals surface area contributed by atoms with Crippen LogP contribution in [-0.4, -0.2) is 15.7 Å². The van der Waals surface area contributed by atoms with E-state index in [1.54, 1.807) is 0 Å². The molecule has 4 heteroatoms. The van der Waals surface area contributed by atoms with Gasteiger partial charge in [-0.1, -0.05) is 6.07 Å². The van der Waals surface area contributed by atoms with Crippen LogP contribution >= 0.6 is 0 Å². The smallest absolute Gasteiger partial charge is 0.170 e. The Bertz CT molecular complexity index is 473. The fraction of sp³-hybridized carbons (Fsp3) is 0.200. The van der Waals surface area contributed by atoms with Crippen LogP contribution in [0, 0.1) is 0 Å². The number of fused-ring (bicyclic) bond motifs is 1. The Labute approximate surface area is 81.4 Å². The molecule has 14 heavy (non-hydrogen) atoms. The normalized spacial score (nSPS) is 13.0. The standard InChI is InChI=1S/C10H11N3O/c1-7(11)10-12-8(6-14)9-4-2-3-5-13(9)10/h2-7H,11H2,1H3. The van der Waals surface area contributed by atoms with E-state index in [1.165, 1.54) is 0 Å². The highest BCUT2D eigenvalue weighted by Gasteiger charge is 2.11. The maximum absolute atomic E-state index is 10.7. The van der Waals surface area contributed by atoms with Gasteiger partial charge in [-0.2, -0.15) is 0 Å². The average Bonchev–Trinajstić information content (AvgIpc) is 2.56.